The van der Waals surface area contributed by atoms with Crippen LogP contribution < -0.4 is 10.2 Å². The van der Waals surface area contributed by atoms with Gasteiger partial charge in [-0.05, 0) is 69.3 Å². The smallest absolute Gasteiger partial charge is 0.261 e. The van der Waals surface area contributed by atoms with Crippen LogP contribution in [0.5, 0.6) is 0 Å². The van der Waals surface area contributed by atoms with Crippen molar-refractivity contribution in [2.45, 2.75) is 57.0 Å². The molecule has 2 aromatic rings. The summed E-state index contributed by atoms with van der Waals surface area (Å²) in [6.07, 6.45) is 2.11. The van der Waals surface area contributed by atoms with Gasteiger partial charge < -0.3 is 10.2 Å². The van der Waals surface area contributed by atoms with Crippen LogP contribution in [0, 0.1) is 5.92 Å². The molecule has 30 heavy (non-hydrogen) atoms. The molecule has 0 spiro atoms. The van der Waals surface area contributed by atoms with Crippen LogP contribution in [0.4, 0.5) is 14.5 Å². The molecule has 1 N–H and O–H groups in total. The summed E-state index contributed by atoms with van der Waals surface area (Å²) in [6, 6.07) is 8.15. The van der Waals surface area contributed by atoms with Gasteiger partial charge in [-0.1, -0.05) is 6.07 Å². The van der Waals surface area contributed by atoms with E-state index in [4.69, 9.17) is 0 Å². The molecular weight excluding hydrogens is 404 g/mol. The lowest BCUT2D eigenvalue weighted by Gasteiger charge is -2.56. The van der Waals surface area contributed by atoms with Crippen molar-refractivity contribution in [1.82, 2.24) is 10.2 Å². The van der Waals surface area contributed by atoms with Crippen LogP contribution in [0.25, 0.3) is 10.1 Å². The fraction of sp³-hybridized carbons (Fsp3) is 0.609. The quantitative estimate of drug-likeness (QED) is 0.760. The maximum Gasteiger partial charge on any atom is 0.261 e. The van der Waals surface area contributed by atoms with Gasteiger partial charge in [-0.25, -0.2) is 8.78 Å². The molecule has 0 aliphatic carbocycles. The first-order chi connectivity index (χ1) is 14.2. The average molecular weight is 434 g/mol. The number of rotatable bonds is 3. The van der Waals surface area contributed by atoms with Crippen LogP contribution in [0.2, 0.25) is 0 Å². The molecule has 4 fully saturated rings. The summed E-state index contributed by atoms with van der Waals surface area (Å²) < 4.78 is 28.0. The maximum absolute atomic E-state index is 13.5. The van der Waals surface area contributed by atoms with E-state index >= 15 is 0 Å². The zero-order valence-electron chi connectivity index (χ0n) is 17.6. The summed E-state index contributed by atoms with van der Waals surface area (Å²) in [5, 5.41) is 4.37. The molecule has 4 aliphatic heterocycles. The van der Waals surface area contributed by atoms with Crippen molar-refractivity contribution >= 4 is 33.0 Å². The van der Waals surface area contributed by atoms with E-state index in [1.807, 2.05) is 29.2 Å². The Morgan fingerprint density at radius 3 is 2.47 bits per heavy atom. The number of piperidine rings is 4. The normalized spacial score (nSPS) is 29.9. The third-order valence-corrected chi connectivity index (χ3v) is 8.56. The van der Waals surface area contributed by atoms with E-state index in [1.165, 1.54) is 11.3 Å². The zero-order valence-corrected chi connectivity index (χ0v) is 18.4. The van der Waals surface area contributed by atoms with Gasteiger partial charge in [0.05, 0.1) is 4.88 Å². The van der Waals surface area contributed by atoms with Gasteiger partial charge in [0.15, 0.2) is 0 Å². The lowest BCUT2D eigenvalue weighted by atomic mass is 9.72. The van der Waals surface area contributed by atoms with Crippen molar-refractivity contribution in [2.75, 3.05) is 31.1 Å². The predicted molar refractivity (Wildman–Crippen MR) is 118 cm³/mol. The van der Waals surface area contributed by atoms with Crippen LogP contribution in [0.3, 0.4) is 0 Å². The van der Waals surface area contributed by atoms with Gasteiger partial charge in [0.2, 0.25) is 0 Å². The molecule has 1 aromatic heterocycles. The molecule has 1 amide bonds. The maximum atomic E-state index is 13.5. The van der Waals surface area contributed by atoms with Crippen LogP contribution in [0.1, 0.15) is 49.2 Å². The van der Waals surface area contributed by atoms with Gasteiger partial charge >= 0.3 is 0 Å². The van der Waals surface area contributed by atoms with Gasteiger partial charge in [-0.15, -0.1) is 11.3 Å². The molecule has 4 saturated heterocycles. The monoisotopic (exact) mass is 433 g/mol. The average Bonchev–Trinajstić information content (AvgIpc) is 3.14. The van der Waals surface area contributed by atoms with Gasteiger partial charge in [-0.2, -0.15) is 0 Å². The summed E-state index contributed by atoms with van der Waals surface area (Å²) >= 11 is 1.49. The van der Waals surface area contributed by atoms with E-state index in [2.05, 4.69) is 24.1 Å². The Morgan fingerprint density at radius 1 is 1.10 bits per heavy atom. The highest BCUT2D eigenvalue weighted by Crippen LogP contribution is 2.39. The number of alkyl halides is 2. The topological polar surface area (TPSA) is 35.6 Å². The Kier molecular flexibility index (Phi) is 4.82. The van der Waals surface area contributed by atoms with E-state index in [1.54, 1.807) is 0 Å². The number of anilines is 1. The van der Waals surface area contributed by atoms with Crippen LogP contribution >= 0.6 is 11.3 Å². The van der Waals surface area contributed by atoms with Crippen molar-refractivity contribution < 1.29 is 13.6 Å². The van der Waals surface area contributed by atoms with E-state index in [-0.39, 0.29) is 30.3 Å². The second-order valence-electron chi connectivity index (χ2n) is 9.61. The number of hydrogen-bond acceptors (Lipinski definition) is 4. The Labute approximate surface area is 180 Å². The van der Waals surface area contributed by atoms with Crippen molar-refractivity contribution in [1.29, 1.82) is 0 Å². The van der Waals surface area contributed by atoms with Crippen molar-refractivity contribution in [3.63, 3.8) is 0 Å². The number of carbonyl (C=O) groups excluding carboxylic acids is 1. The van der Waals surface area contributed by atoms with Gasteiger partial charge in [0.25, 0.3) is 11.8 Å². The fourth-order valence-electron chi connectivity index (χ4n) is 5.51. The van der Waals surface area contributed by atoms with Crippen LogP contribution in [-0.4, -0.2) is 54.5 Å². The van der Waals surface area contributed by atoms with Crippen LogP contribution in [0.15, 0.2) is 24.3 Å². The molecule has 1 unspecified atom stereocenters. The summed E-state index contributed by atoms with van der Waals surface area (Å²) in [5.41, 5.74) is 0.946. The van der Waals surface area contributed by atoms with Crippen molar-refractivity contribution in [3.05, 3.63) is 29.1 Å². The highest BCUT2D eigenvalue weighted by Gasteiger charge is 2.48. The number of fused-ring (bicyclic) bond motifs is 4. The molecule has 4 nitrogen and oxygen atoms in total. The van der Waals surface area contributed by atoms with Crippen LogP contribution in [-0.2, 0) is 0 Å². The first-order valence-corrected chi connectivity index (χ1v) is 11.8. The van der Waals surface area contributed by atoms with Crippen molar-refractivity contribution in [2.24, 2.45) is 5.92 Å². The second-order valence-corrected chi connectivity index (χ2v) is 10.7. The van der Waals surface area contributed by atoms with E-state index in [0.29, 0.717) is 19.0 Å². The first-order valence-electron chi connectivity index (χ1n) is 11.0. The third-order valence-electron chi connectivity index (χ3n) is 7.46. The van der Waals surface area contributed by atoms with E-state index in [9.17, 15) is 13.6 Å². The number of halogens is 2. The number of nitrogens with zero attached hydrogens (tertiary/aromatic N) is 2. The predicted octanol–water partition coefficient (Wildman–Crippen LogP) is 4.74. The molecule has 4 aliphatic rings. The standard InChI is InChI=1S/C23H29F2N3OS/c1-22(2)20(15-5-9-28(22)10-6-15)26-21(29)19-13-16-3-4-17(14-18(16)30-19)27-11-7-23(24,25)8-12-27/h3-4,13-15,20H,5-12H2,1-2H3,(H,26,29). The Hall–Kier alpha value is -1.73. The minimum Gasteiger partial charge on any atom is -0.371 e. The molecule has 0 saturated carbocycles. The molecule has 7 heteroatoms. The molecule has 162 valence electrons. The number of nitrogens with one attached hydrogen (secondary N) is 1. The lowest BCUT2D eigenvalue weighted by molar-refractivity contribution is -0.0377. The molecule has 2 bridgehead atoms. The number of thiophene rings is 1. The second kappa shape index (κ2) is 7.16. The van der Waals surface area contributed by atoms with E-state index < -0.39 is 5.92 Å². The minimum absolute atomic E-state index is 0.00203. The largest absolute Gasteiger partial charge is 0.371 e. The number of amides is 1. The van der Waals surface area contributed by atoms with Crippen molar-refractivity contribution in [3.8, 4) is 0 Å². The molecular formula is C23H29F2N3OS. The Bertz CT molecular complexity index is 955. The number of benzene rings is 1. The summed E-state index contributed by atoms with van der Waals surface area (Å²) in [4.78, 5) is 18.3. The molecule has 6 rings (SSSR count). The summed E-state index contributed by atoms with van der Waals surface area (Å²) in [6.45, 7) is 7.46. The molecule has 5 heterocycles. The van der Waals surface area contributed by atoms with Gasteiger partial charge in [-0.3, -0.25) is 9.69 Å². The molecule has 1 atom stereocenters. The molecule has 0 radical (unpaired) electrons. The zero-order chi connectivity index (χ0) is 21.1. The lowest BCUT2D eigenvalue weighted by Crippen LogP contribution is -2.69. The number of hydrogen-bond donors (Lipinski definition) is 1. The molecule has 1 aromatic carbocycles. The minimum atomic E-state index is -2.54. The SMILES string of the molecule is CC1(C)C(NC(=O)c2cc3ccc(N4CCC(F)(F)CC4)cc3s2)C2CCN1CC2. The van der Waals surface area contributed by atoms with Gasteiger partial charge in [0, 0.05) is 47.9 Å². The first kappa shape index (κ1) is 20.2. The number of carbonyl (C=O) groups is 1. The van der Waals surface area contributed by atoms with Gasteiger partial charge in [0.1, 0.15) is 0 Å². The summed E-state index contributed by atoms with van der Waals surface area (Å²) in [7, 11) is 0. The third kappa shape index (κ3) is 3.50. The van der Waals surface area contributed by atoms with E-state index in [0.717, 1.165) is 46.6 Å². The Morgan fingerprint density at radius 2 is 1.80 bits per heavy atom. The Balaban J connectivity index is 1.33. The highest BCUT2D eigenvalue weighted by atomic mass is 32.1. The fourth-order valence-corrected chi connectivity index (χ4v) is 6.51. The summed E-state index contributed by atoms with van der Waals surface area (Å²) in [5.74, 6) is -1.99. The highest BCUT2D eigenvalue weighted by molar-refractivity contribution is 7.20.